The zero-order chi connectivity index (χ0) is 14.8. The third-order valence-electron chi connectivity index (χ3n) is 3.18. The Morgan fingerprint density at radius 3 is 2.40 bits per heavy atom. The van der Waals surface area contributed by atoms with Crippen LogP contribution in [0.5, 0.6) is 0 Å². The van der Waals surface area contributed by atoms with E-state index in [4.69, 9.17) is 23.1 Å². The van der Waals surface area contributed by atoms with Gasteiger partial charge in [0.05, 0.1) is 16.5 Å². The predicted molar refractivity (Wildman–Crippen MR) is 80.9 cm³/mol. The molecule has 0 aliphatic heterocycles. The van der Waals surface area contributed by atoms with Crippen LogP contribution in [0.25, 0.3) is 0 Å². The van der Waals surface area contributed by atoms with Gasteiger partial charge in [0.25, 0.3) is 0 Å². The minimum absolute atomic E-state index is 0.0310. The van der Waals surface area contributed by atoms with Crippen molar-refractivity contribution in [2.45, 2.75) is 30.2 Å². The molecule has 0 spiro atoms. The molecule has 1 fully saturated rings. The molecule has 0 saturated heterocycles. The van der Waals surface area contributed by atoms with E-state index in [0.29, 0.717) is 11.4 Å². The molecular weight excluding hydrogens is 296 g/mol. The summed E-state index contributed by atoms with van der Waals surface area (Å²) < 4.78 is 26.4. The molecule has 7 heteroatoms. The van der Waals surface area contributed by atoms with E-state index >= 15 is 0 Å². The molecule has 0 unspecified atom stereocenters. The Balaban J connectivity index is 2.22. The number of hydrogen-bond acceptors (Lipinski definition) is 4. The predicted octanol–water partition coefficient (Wildman–Crippen LogP) is 0.661. The number of hydrogen-bond donors (Lipinski definition) is 2. The summed E-state index contributed by atoms with van der Waals surface area (Å²) in [7, 11) is -3.54. The second-order valence-electron chi connectivity index (χ2n) is 4.86. The maximum absolute atomic E-state index is 12.5. The van der Waals surface area contributed by atoms with Crippen molar-refractivity contribution < 1.29 is 13.5 Å². The van der Waals surface area contributed by atoms with Crippen LogP contribution in [0.3, 0.4) is 0 Å². The van der Waals surface area contributed by atoms with Gasteiger partial charge >= 0.3 is 0 Å². The molecule has 0 atom stereocenters. The van der Waals surface area contributed by atoms with Crippen LogP contribution in [0.15, 0.2) is 29.2 Å². The maximum atomic E-state index is 12.5. The van der Waals surface area contributed by atoms with E-state index in [1.807, 2.05) is 0 Å². The fourth-order valence-corrected chi connectivity index (χ4v) is 3.92. The largest absolute Gasteiger partial charge is 0.395 e. The van der Waals surface area contributed by atoms with Gasteiger partial charge in [-0.05, 0) is 30.5 Å². The van der Waals surface area contributed by atoms with Gasteiger partial charge in [-0.15, -0.1) is 0 Å². The van der Waals surface area contributed by atoms with E-state index in [0.717, 1.165) is 18.4 Å². The zero-order valence-corrected chi connectivity index (χ0v) is 12.7. The van der Waals surface area contributed by atoms with Gasteiger partial charge in [-0.3, -0.25) is 0 Å². The number of aliphatic hydroxyl groups is 1. The fraction of sp³-hybridized carbons (Fsp3) is 0.462. The Bertz CT molecular complexity index is 580. The first kappa shape index (κ1) is 15.4. The minimum Gasteiger partial charge on any atom is -0.395 e. The summed E-state index contributed by atoms with van der Waals surface area (Å²) >= 11 is 4.83. The molecular formula is C13H18N2O3S2. The standard InChI is InChI=1S/C13H18N2O3S2/c14-13(19)9-10-1-5-12(6-2-10)20(17,18)15(7-8-16)11-3-4-11/h1-2,5-6,11,16H,3-4,7-9H2,(H2,14,19). The van der Waals surface area contributed by atoms with Crippen molar-refractivity contribution in [3.05, 3.63) is 29.8 Å². The number of nitrogens with two attached hydrogens (primary N) is 1. The smallest absolute Gasteiger partial charge is 0.243 e. The lowest BCUT2D eigenvalue weighted by Gasteiger charge is -2.20. The first-order valence-corrected chi connectivity index (χ1v) is 8.30. The molecule has 20 heavy (non-hydrogen) atoms. The quantitative estimate of drug-likeness (QED) is 0.722. The van der Waals surface area contributed by atoms with Gasteiger partial charge in [0.2, 0.25) is 10.0 Å². The van der Waals surface area contributed by atoms with Crippen molar-refractivity contribution in [3.63, 3.8) is 0 Å². The molecule has 0 radical (unpaired) electrons. The lowest BCUT2D eigenvalue weighted by atomic mass is 10.1. The van der Waals surface area contributed by atoms with E-state index in [1.54, 1.807) is 24.3 Å². The van der Waals surface area contributed by atoms with Crippen LogP contribution >= 0.6 is 12.2 Å². The minimum atomic E-state index is -3.54. The Morgan fingerprint density at radius 1 is 1.35 bits per heavy atom. The molecule has 110 valence electrons. The highest BCUT2D eigenvalue weighted by Crippen LogP contribution is 2.31. The first-order valence-electron chi connectivity index (χ1n) is 6.45. The lowest BCUT2D eigenvalue weighted by molar-refractivity contribution is 0.250. The summed E-state index contributed by atoms with van der Waals surface area (Å²) in [5.74, 6) is 0. The highest BCUT2D eigenvalue weighted by Gasteiger charge is 2.37. The van der Waals surface area contributed by atoms with E-state index < -0.39 is 10.0 Å². The van der Waals surface area contributed by atoms with Gasteiger partial charge in [-0.25, -0.2) is 8.42 Å². The molecule has 1 aromatic rings. The van der Waals surface area contributed by atoms with Gasteiger partial charge in [0.15, 0.2) is 0 Å². The van der Waals surface area contributed by atoms with Gasteiger partial charge in [-0.2, -0.15) is 4.31 Å². The second-order valence-corrected chi connectivity index (χ2v) is 7.27. The van der Waals surface area contributed by atoms with Crippen LogP contribution in [-0.2, 0) is 16.4 Å². The van der Waals surface area contributed by atoms with E-state index in [2.05, 4.69) is 0 Å². The summed E-state index contributed by atoms with van der Waals surface area (Å²) in [4.78, 5) is 0.616. The Labute approximate surface area is 124 Å². The van der Waals surface area contributed by atoms with Crippen LogP contribution in [0.2, 0.25) is 0 Å². The zero-order valence-electron chi connectivity index (χ0n) is 11.0. The molecule has 5 nitrogen and oxygen atoms in total. The molecule has 1 saturated carbocycles. The maximum Gasteiger partial charge on any atom is 0.243 e. The summed E-state index contributed by atoms with van der Waals surface area (Å²) in [6.45, 7) is -0.0309. The summed E-state index contributed by atoms with van der Waals surface area (Å²) in [5.41, 5.74) is 6.35. The average Bonchev–Trinajstić information content (AvgIpc) is 3.20. The van der Waals surface area contributed by atoms with Crippen molar-refractivity contribution in [1.82, 2.24) is 4.31 Å². The van der Waals surface area contributed by atoms with Crippen LogP contribution in [-0.4, -0.2) is 42.0 Å². The van der Waals surface area contributed by atoms with Crippen LogP contribution in [0.4, 0.5) is 0 Å². The Hall–Kier alpha value is -1.02. The van der Waals surface area contributed by atoms with Crippen LogP contribution in [0, 0.1) is 0 Å². The normalized spacial score (nSPS) is 15.5. The number of benzene rings is 1. The molecule has 2 rings (SSSR count). The molecule has 3 N–H and O–H groups in total. The fourth-order valence-electron chi connectivity index (χ4n) is 2.08. The van der Waals surface area contributed by atoms with Gasteiger partial charge in [-0.1, -0.05) is 24.4 Å². The number of rotatable bonds is 7. The van der Waals surface area contributed by atoms with E-state index in [1.165, 1.54) is 4.31 Å². The molecule has 0 aromatic heterocycles. The summed E-state index contributed by atoms with van der Waals surface area (Å²) in [6, 6.07) is 6.60. The molecule has 0 heterocycles. The van der Waals surface area contributed by atoms with Crippen molar-refractivity contribution >= 4 is 27.2 Å². The molecule has 1 aromatic carbocycles. The van der Waals surface area contributed by atoms with E-state index in [-0.39, 0.29) is 24.1 Å². The van der Waals surface area contributed by atoms with Crippen LogP contribution in [0.1, 0.15) is 18.4 Å². The first-order chi connectivity index (χ1) is 9.45. The number of aliphatic hydroxyl groups excluding tert-OH is 1. The average molecular weight is 314 g/mol. The van der Waals surface area contributed by atoms with Gasteiger partial charge in [0.1, 0.15) is 0 Å². The van der Waals surface area contributed by atoms with Crippen molar-refractivity contribution in [3.8, 4) is 0 Å². The van der Waals surface area contributed by atoms with Crippen molar-refractivity contribution in [1.29, 1.82) is 0 Å². The van der Waals surface area contributed by atoms with Gasteiger partial charge in [0, 0.05) is 19.0 Å². The Morgan fingerprint density at radius 2 is 1.95 bits per heavy atom. The monoisotopic (exact) mass is 314 g/mol. The molecule has 1 aliphatic rings. The number of nitrogens with zero attached hydrogens (tertiary/aromatic N) is 1. The second kappa shape index (κ2) is 6.17. The van der Waals surface area contributed by atoms with Crippen molar-refractivity contribution in [2.24, 2.45) is 5.73 Å². The third-order valence-corrected chi connectivity index (χ3v) is 5.29. The molecule has 1 aliphatic carbocycles. The van der Waals surface area contributed by atoms with Crippen LogP contribution < -0.4 is 5.73 Å². The lowest BCUT2D eigenvalue weighted by Crippen LogP contribution is -2.35. The number of sulfonamides is 1. The van der Waals surface area contributed by atoms with Crippen molar-refractivity contribution in [2.75, 3.05) is 13.2 Å². The molecule has 0 amide bonds. The van der Waals surface area contributed by atoms with E-state index in [9.17, 15) is 8.42 Å². The summed E-state index contributed by atoms with van der Waals surface area (Å²) in [6.07, 6.45) is 2.18. The third kappa shape index (κ3) is 3.54. The topological polar surface area (TPSA) is 83.6 Å². The Kier molecular flexibility index (Phi) is 4.74. The number of thiocarbonyl (C=S) groups is 1. The highest BCUT2D eigenvalue weighted by molar-refractivity contribution is 7.89. The highest BCUT2D eigenvalue weighted by atomic mass is 32.2. The summed E-state index contributed by atoms with van der Waals surface area (Å²) in [5, 5.41) is 9.03. The SMILES string of the molecule is NC(=S)Cc1ccc(S(=O)(=O)N(CCO)C2CC2)cc1. The van der Waals surface area contributed by atoms with Gasteiger partial charge < -0.3 is 10.8 Å². The molecule has 0 bridgehead atoms.